The van der Waals surface area contributed by atoms with Gasteiger partial charge in [0.2, 0.25) is 5.91 Å². The first-order chi connectivity index (χ1) is 28.0. The molecule has 1 aromatic carbocycles. The number of nitrogens with zero attached hydrogens (tertiary/aromatic N) is 1. The number of hydrazine groups is 1. The lowest BCUT2D eigenvalue weighted by molar-refractivity contribution is -0.298. The maximum absolute atomic E-state index is 13.7. The largest absolute Gasteiger partial charge is 0.444 e. The van der Waals surface area contributed by atoms with Crippen molar-refractivity contribution in [1.29, 1.82) is 5.41 Å². The first-order valence-electron chi connectivity index (χ1n) is 20.1. The smallest absolute Gasteiger partial charge is 0.407 e. The van der Waals surface area contributed by atoms with Gasteiger partial charge >= 0.3 is 6.09 Å². The molecule has 328 valence electrons. The summed E-state index contributed by atoms with van der Waals surface area (Å²) in [6, 6.07) is 5.69. The molecule has 0 atom stereocenters. The van der Waals surface area contributed by atoms with Gasteiger partial charge in [-0.2, -0.15) is 0 Å². The number of carbonyl (C=O) groups is 3. The number of nitrogens with two attached hydrogens (primary N) is 1. The number of aryl methyl sites for hydroxylation is 2. The van der Waals surface area contributed by atoms with E-state index in [4.69, 9.17) is 30.4 Å². The number of aromatic nitrogens is 1. The number of pyridine rings is 1. The van der Waals surface area contributed by atoms with Gasteiger partial charge in [-0.3, -0.25) is 25.2 Å². The van der Waals surface area contributed by atoms with Crippen LogP contribution in [0.3, 0.4) is 0 Å². The van der Waals surface area contributed by atoms with Crippen LogP contribution < -0.4 is 48.5 Å². The third-order valence-corrected chi connectivity index (χ3v) is 8.47. The van der Waals surface area contributed by atoms with Gasteiger partial charge in [-0.15, -0.1) is 0 Å². The van der Waals surface area contributed by atoms with E-state index in [0.717, 1.165) is 34.9 Å². The Bertz CT molecular complexity index is 1900. The summed E-state index contributed by atoms with van der Waals surface area (Å²) in [5, 5.41) is 18.9. The maximum Gasteiger partial charge on any atom is 0.407 e. The van der Waals surface area contributed by atoms with Crippen molar-refractivity contribution < 1.29 is 33.6 Å². The molecule has 0 spiro atoms. The summed E-state index contributed by atoms with van der Waals surface area (Å²) in [5.74, 6) is -0.390. The van der Waals surface area contributed by atoms with E-state index in [-0.39, 0.29) is 68.6 Å². The zero-order chi connectivity index (χ0) is 44.0. The first-order valence-corrected chi connectivity index (χ1v) is 20.1. The number of amides is 3. The normalized spacial score (nSPS) is 12.4. The molecule has 2 rings (SSSR count). The number of amidine groups is 1. The second-order valence-corrected chi connectivity index (χ2v) is 15.1. The molecular formula is C42H67N9O8. The Hall–Kier alpha value is -5.23. The quantitative estimate of drug-likeness (QED) is 0.0251. The van der Waals surface area contributed by atoms with E-state index in [2.05, 4.69) is 31.8 Å². The van der Waals surface area contributed by atoms with Gasteiger partial charge in [-0.25, -0.2) is 20.0 Å². The third kappa shape index (κ3) is 18.9. The molecule has 0 bridgehead atoms. The number of rotatable bonds is 24. The lowest BCUT2D eigenvalue weighted by Gasteiger charge is -2.22. The molecule has 0 fully saturated rings. The fraction of sp³-hybridized carbons (Fsp3) is 0.548. The molecule has 1 heterocycles. The van der Waals surface area contributed by atoms with E-state index in [0.29, 0.717) is 48.2 Å². The summed E-state index contributed by atoms with van der Waals surface area (Å²) in [6.07, 6.45) is 6.06. The number of hydrogen-bond donors (Lipinski definition) is 8. The Labute approximate surface area is 347 Å². The molecule has 0 aliphatic carbocycles. The zero-order valence-corrected chi connectivity index (χ0v) is 36.3. The van der Waals surface area contributed by atoms with Crippen molar-refractivity contribution in [3.63, 3.8) is 0 Å². The monoisotopic (exact) mass is 826 g/mol. The number of aromatic amines is 1. The van der Waals surface area contributed by atoms with Crippen molar-refractivity contribution >= 4 is 41.2 Å². The summed E-state index contributed by atoms with van der Waals surface area (Å²) in [6.45, 7) is 19.5. The van der Waals surface area contributed by atoms with E-state index in [1.807, 2.05) is 64.7 Å². The van der Waals surface area contributed by atoms with Gasteiger partial charge in [0.1, 0.15) is 18.0 Å². The number of alkyl carbamates (subject to hydrolysis) is 1. The average Bonchev–Trinajstić information content (AvgIpc) is 3.15. The molecule has 0 aliphatic rings. The molecule has 0 saturated carbocycles. The molecule has 17 nitrogen and oxygen atoms in total. The summed E-state index contributed by atoms with van der Waals surface area (Å²) < 4.78 is 10.5. The number of ether oxygens (including phenoxy) is 2. The second-order valence-electron chi connectivity index (χ2n) is 15.1. The Balaban J connectivity index is 1.92. The number of nitrogens with one attached hydrogen (secondary N) is 7. The number of benzene rings is 1. The molecule has 0 saturated heterocycles. The average molecular weight is 826 g/mol. The standard InChI is InChI=1S/C42H67N9O8/c1-10-12-31-23-30(6)49-40(54)35(31)27-46-39(53)33-24-32(25-36(34(33)26-43)48-28(3)4)29(5)13-14-37(44)51(11-2)18-16-47-50-38(52)15-19-57-58-22-21-56-20-17-45-41(55)59-42(7,8)9/h13-14,23-26,28,44,47-48H,10-12,15-22,27,43H2,1-9H3,(H,45,55)(H,46,53)(H,49,54)(H,50,52). The summed E-state index contributed by atoms with van der Waals surface area (Å²) in [4.78, 5) is 65.1. The van der Waals surface area contributed by atoms with Crippen LogP contribution in [-0.2, 0) is 37.0 Å². The van der Waals surface area contributed by atoms with Crippen LogP contribution in [-0.4, -0.2) is 97.9 Å². The summed E-state index contributed by atoms with van der Waals surface area (Å²) in [5.41, 5.74) is 14.9. The number of likely N-dealkylation sites (N-methyl/N-ethyl adjacent to an activating group) is 1. The molecule has 59 heavy (non-hydrogen) atoms. The second kappa shape index (κ2) is 26.0. The molecule has 17 heteroatoms. The Kier molecular flexibility index (Phi) is 22.0. The van der Waals surface area contributed by atoms with Gasteiger partial charge in [-0.05, 0) is 102 Å². The van der Waals surface area contributed by atoms with Gasteiger partial charge in [-0.1, -0.05) is 19.4 Å². The molecule has 0 unspecified atom stereocenters. The van der Waals surface area contributed by atoms with Gasteiger partial charge in [0.05, 0.1) is 31.8 Å². The number of carbonyl (C=O) groups excluding carboxylic acids is 3. The van der Waals surface area contributed by atoms with Gasteiger partial charge < -0.3 is 41.0 Å². The van der Waals surface area contributed by atoms with Gasteiger partial charge in [0, 0.05) is 67.1 Å². The van der Waals surface area contributed by atoms with Crippen LogP contribution in [0.15, 0.2) is 35.1 Å². The number of allylic oxidation sites excluding steroid dienone is 1. The van der Waals surface area contributed by atoms with Crippen LogP contribution in [0, 0.1) is 12.3 Å². The van der Waals surface area contributed by atoms with Crippen LogP contribution in [0.2, 0.25) is 0 Å². The van der Waals surface area contributed by atoms with Crippen molar-refractivity contribution in [3.05, 3.63) is 73.5 Å². The highest BCUT2D eigenvalue weighted by Gasteiger charge is 2.17. The Morgan fingerprint density at radius 3 is 2.39 bits per heavy atom. The lowest BCUT2D eigenvalue weighted by atomic mass is 10.0. The third-order valence-electron chi connectivity index (χ3n) is 8.47. The molecule has 3 amide bonds. The van der Waals surface area contributed by atoms with Crippen LogP contribution >= 0.6 is 0 Å². The van der Waals surface area contributed by atoms with Crippen LogP contribution in [0.25, 0.3) is 11.8 Å². The number of H-pyrrole nitrogens is 1. The highest BCUT2D eigenvalue weighted by atomic mass is 17.2. The molecule has 0 radical (unpaired) electrons. The van der Waals surface area contributed by atoms with Crippen molar-refractivity contribution in [3.8, 4) is 0 Å². The van der Waals surface area contributed by atoms with Crippen molar-refractivity contribution in [2.75, 3.05) is 57.9 Å². The van der Waals surface area contributed by atoms with E-state index < -0.39 is 11.7 Å². The molecule has 0 aliphatic heterocycles. The molecule has 2 aromatic rings. The van der Waals surface area contributed by atoms with Crippen molar-refractivity contribution in [1.82, 2.24) is 31.4 Å². The minimum Gasteiger partial charge on any atom is -0.444 e. The van der Waals surface area contributed by atoms with Crippen molar-refractivity contribution in [2.24, 2.45) is 5.73 Å². The topological polar surface area (TPSA) is 234 Å². The van der Waals surface area contributed by atoms with Crippen LogP contribution in [0.1, 0.15) is 95.4 Å². The number of hydrogen-bond acceptors (Lipinski definition) is 12. The fourth-order valence-corrected chi connectivity index (χ4v) is 5.67. The highest BCUT2D eigenvalue weighted by molar-refractivity contribution is 5.96. The van der Waals surface area contributed by atoms with E-state index in [9.17, 15) is 19.2 Å². The molecule has 9 N–H and O–H groups in total. The first kappa shape index (κ1) is 49.9. The summed E-state index contributed by atoms with van der Waals surface area (Å²) >= 11 is 0. The Morgan fingerprint density at radius 2 is 1.73 bits per heavy atom. The predicted octanol–water partition coefficient (Wildman–Crippen LogP) is 2.61. The minimum atomic E-state index is -0.566. The number of anilines is 1. The van der Waals surface area contributed by atoms with E-state index >= 15 is 0 Å². The lowest BCUT2D eigenvalue weighted by Crippen LogP contribution is -2.43. The van der Waals surface area contributed by atoms with E-state index in [1.165, 1.54) is 6.20 Å². The minimum absolute atomic E-state index is 0.0446. The van der Waals surface area contributed by atoms with Gasteiger partial charge in [0.25, 0.3) is 11.5 Å². The van der Waals surface area contributed by atoms with Crippen molar-refractivity contribution in [2.45, 2.75) is 99.8 Å². The van der Waals surface area contributed by atoms with Crippen LogP contribution in [0.4, 0.5) is 10.5 Å². The molecule has 1 aromatic heterocycles. The fourth-order valence-electron chi connectivity index (χ4n) is 5.67. The Morgan fingerprint density at radius 1 is 1.00 bits per heavy atom. The van der Waals surface area contributed by atoms with Gasteiger partial charge in [0.15, 0.2) is 0 Å². The summed E-state index contributed by atoms with van der Waals surface area (Å²) in [7, 11) is 0. The van der Waals surface area contributed by atoms with Crippen LogP contribution in [0.5, 0.6) is 0 Å². The highest BCUT2D eigenvalue weighted by Crippen LogP contribution is 2.10. The maximum atomic E-state index is 13.7. The predicted molar refractivity (Wildman–Crippen MR) is 231 cm³/mol. The molecular weight excluding hydrogens is 759 g/mol. The van der Waals surface area contributed by atoms with E-state index in [1.54, 1.807) is 32.9 Å². The SMILES string of the molecule is CCCc1cc(C)[nH]c(=O)c1CNC(=O)c1cc(=C(C)C=CC(=N)N(CC)CCNNC(=O)CCOOCCOCCNC(=O)OC(C)(C)C)cc(NC(C)C)c1=CN. The zero-order valence-electron chi connectivity index (χ0n) is 36.3.